The number of benzene rings is 1. The Labute approximate surface area is 172 Å². The fraction of sp³-hybridized carbons (Fsp3) is 0.429. The molecule has 1 saturated carbocycles. The minimum atomic E-state index is -1.25. The Hall–Kier alpha value is -1.83. The minimum absolute atomic E-state index is 0.591. The molecule has 148 valence electrons. The fourth-order valence-electron chi connectivity index (χ4n) is 3.78. The molecule has 3 aromatic rings. The van der Waals surface area contributed by atoms with Gasteiger partial charge in [0.25, 0.3) is 0 Å². The van der Waals surface area contributed by atoms with E-state index < -0.39 is 11.0 Å². The van der Waals surface area contributed by atoms with E-state index in [2.05, 4.69) is 26.8 Å². The van der Waals surface area contributed by atoms with E-state index in [0.717, 1.165) is 26.7 Å². The van der Waals surface area contributed by atoms with E-state index in [4.69, 9.17) is 4.98 Å². The summed E-state index contributed by atoms with van der Waals surface area (Å²) in [6.07, 6.45) is 12.7. The number of nitrogens with zero attached hydrogens (tertiary/aromatic N) is 2. The maximum absolute atomic E-state index is 12.9. The molecule has 1 atom stereocenters. The van der Waals surface area contributed by atoms with Gasteiger partial charge in [0.1, 0.15) is 16.8 Å². The lowest BCUT2D eigenvalue weighted by molar-refractivity contribution is 0.442. The van der Waals surface area contributed by atoms with Gasteiger partial charge in [0.2, 0.25) is 0 Å². The molecule has 1 fully saturated rings. The molecule has 0 amide bonds. The van der Waals surface area contributed by atoms with E-state index in [1.54, 1.807) is 17.5 Å². The summed E-state index contributed by atoms with van der Waals surface area (Å²) in [5.41, 5.74) is 2.11. The molecule has 0 radical (unpaired) electrons. The van der Waals surface area contributed by atoms with Crippen molar-refractivity contribution in [1.82, 2.24) is 19.7 Å². The molecule has 2 heterocycles. The molecule has 4 rings (SSSR count). The summed E-state index contributed by atoms with van der Waals surface area (Å²) in [5, 5.41) is 1.23. The highest BCUT2D eigenvalue weighted by Gasteiger charge is 2.21. The first-order chi connectivity index (χ1) is 13.7. The maximum Gasteiger partial charge on any atom is 0.125 e. The van der Waals surface area contributed by atoms with Crippen LogP contribution < -0.4 is 4.72 Å². The highest BCUT2D eigenvalue weighted by atomic mass is 32.2. The second kappa shape index (κ2) is 9.11. The molecule has 0 saturated heterocycles. The number of aromatic nitrogens is 3. The first-order valence-corrected chi connectivity index (χ1v) is 11.9. The van der Waals surface area contributed by atoms with Gasteiger partial charge in [0, 0.05) is 43.0 Å². The Morgan fingerprint density at radius 2 is 2.11 bits per heavy atom. The summed E-state index contributed by atoms with van der Waals surface area (Å²) in [6, 6.07) is 6.22. The van der Waals surface area contributed by atoms with Crippen LogP contribution in [0.1, 0.15) is 61.3 Å². The molecule has 7 heteroatoms. The van der Waals surface area contributed by atoms with Crippen molar-refractivity contribution in [3.8, 4) is 10.4 Å². The first kappa shape index (κ1) is 19.5. The summed E-state index contributed by atoms with van der Waals surface area (Å²) in [5.74, 6) is 1.50. The second-order valence-corrected chi connectivity index (χ2v) is 9.54. The molecule has 1 aliphatic rings. The molecular formula is C21H26N4OS2. The van der Waals surface area contributed by atoms with Gasteiger partial charge in [-0.05, 0) is 24.5 Å². The molecule has 1 aliphatic carbocycles. The predicted molar refractivity (Wildman–Crippen MR) is 115 cm³/mol. The number of H-pyrrole nitrogens is 1. The van der Waals surface area contributed by atoms with Gasteiger partial charge in [-0.15, -0.1) is 11.3 Å². The van der Waals surface area contributed by atoms with Crippen LogP contribution in [-0.2, 0) is 17.4 Å². The lowest BCUT2D eigenvalue weighted by atomic mass is 9.90. The number of aromatic amines is 1. The highest BCUT2D eigenvalue weighted by Crippen LogP contribution is 2.39. The minimum Gasteiger partial charge on any atom is -0.348 e. The van der Waals surface area contributed by atoms with Gasteiger partial charge >= 0.3 is 0 Å². The Morgan fingerprint density at radius 1 is 1.25 bits per heavy atom. The standard InChI is InChI=1S/C21H26N4OS2/c1-2-25-28(26)19-12-15(13-20-22-10-11-23-20)8-9-17(19)18-14-24-21(27-18)16-6-4-3-5-7-16/h8-12,14,16,25H,2-7,13H2,1H3,(H,22,23). The molecule has 2 aromatic heterocycles. The number of hydrogen-bond donors (Lipinski definition) is 2. The third kappa shape index (κ3) is 4.42. The van der Waals surface area contributed by atoms with E-state index in [-0.39, 0.29) is 0 Å². The Morgan fingerprint density at radius 3 is 2.86 bits per heavy atom. The molecule has 5 nitrogen and oxygen atoms in total. The van der Waals surface area contributed by atoms with E-state index in [9.17, 15) is 4.21 Å². The van der Waals surface area contributed by atoms with Crippen LogP contribution in [0, 0.1) is 0 Å². The van der Waals surface area contributed by atoms with Crippen molar-refractivity contribution in [2.75, 3.05) is 6.54 Å². The van der Waals surface area contributed by atoms with E-state index in [1.807, 2.05) is 25.4 Å². The summed E-state index contributed by atoms with van der Waals surface area (Å²) in [4.78, 5) is 14.1. The van der Waals surface area contributed by atoms with Crippen LogP contribution >= 0.6 is 11.3 Å². The highest BCUT2D eigenvalue weighted by molar-refractivity contribution is 7.83. The van der Waals surface area contributed by atoms with Gasteiger partial charge in [0.05, 0.1) is 14.8 Å². The quantitative estimate of drug-likeness (QED) is 0.583. The number of hydrogen-bond acceptors (Lipinski definition) is 4. The summed E-state index contributed by atoms with van der Waals surface area (Å²) in [6.45, 7) is 2.63. The zero-order valence-electron chi connectivity index (χ0n) is 16.1. The van der Waals surface area contributed by atoms with Crippen molar-refractivity contribution < 1.29 is 4.21 Å². The molecule has 0 bridgehead atoms. The van der Waals surface area contributed by atoms with Crippen LogP contribution in [0.3, 0.4) is 0 Å². The molecule has 2 N–H and O–H groups in total. The van der Waals surface area contributed by atoms with Gasteiger partial charge in [-0.25, -0.2) is 18.9 Å². The van der Waals surface area contributed by atoms with E-state index in [0.29, 0.717) is 18.9 Å². The Balaban J connectivity index is 1.65. The van der Waals surface area contributed by atoms with Crippen molar-refractivity contribution in [3.05, 3.63) is 53.2 Å². The van der Waals surface area contributed by atoms with Crippen LogP contribution in [0.4, 0.5) is 0 Å². The zero-order chi connectivity index (χ0) is 19.3. The van der Waals surface area contributed by atoms with Crippen LogP contribution in [0.2, 0.25) is 0 Å². The van der Waals surface area contributed by atoms with Gasteiger partial charge in [0.15, 0.2) is 0 Å². The average molecular weight is 415 g/mol. The van der Waals surface area contributed by atoms with E-state index in [1.165, 1.54) is 37.1 Å². The van der Waals surface area contributed by atoms with Crippen molar-refractivity contribution >= 4 is 22.3 Å². The van der Waals surface area contributed by atoms with Crippen molar-refractivity contribution in [2.24, 2.45) is 0 Å². The first-order valence-electron chi connectivity index (χ1n) is 9.97. The monoisotopic (exact) mass is 414 g/mol. The number of rotatable bonds is 7. The lowest BCUT2D eigenvalue weighted by Crippen LogP contribution is -2.17. The van der Waals surface area contributed by atoms with Crippen LogP contribution in [0.5, 0.6) is 0 Å². The molecule has 0 spiro atoms. The number of imidazole rings is 1. The molecule has 1 unspecified atom stereocenters. The Kier molecular flexibility index (Phi) is 6.34. The van der Waals surface area contributed by atoms with Crippen LogP contribution in [0.15, 0.2) is 41.7 Å². The van der Waals surface area contributed by atoms with Crippen molar-refractivity contribution in [3.63, 3.8) is 0 Å². The lowest BCUT2D eigenvalue weighted by Gasteiger charge is -2.18. The van der Waals surface area contributed by atoms with Crippen LogP contribution in [-0.4, -0.2) is 25.7 Å². The largest absolute Gasteiger partial charge is 0.348 e. The van der Waals surface area contributed by atoms with Crippen molar-refractivity contribution in [1.29, 1.82) is 0 Å². The smallest absolute Gasteiger partial charge is 0.125 e. The average Bonchev–Trinajstić information content (AvgIpc) is 3.41. The molecule has 1 aromatic carbocycles. The van der Waals surface area contributed by atoms with Crippen molar-refractivity contribution in [2.45, 2.75) is 56.3 Å². The SMILES string of the molecule is CCNS(=O)c1cc(Cc2ncc[nH]2)ccc1-c1cnc(C2CCCCC2)s1. The summed E-state index contributed by atoms with van der Waals surface area (Å²) in [7, 11) is -1.25. The van der Waals surface area contributed by atoms with Gasteiger partial charge in [-0.2, -0.15) is 0 Å². The molecule has 28 heavy (non-hydrogen) atoms. The predicted octanol–water partition coefficient (Wildman–Crippen LogP) is 4.80. The zero-order valence-corrected chi connectivity index (χ0v) is 17.7. The van der Waals surface area contributed by atoms with Gasteiger partial charge < -0.3 is 4.98 Å². The van der Waals surface area contributed by atoms with Crippen LogP contribution in [0.25, 0.3) is 10.4 Å². The van der Waals surface area contributed by atoms with Gasteiger partial charge in [-0.1, -0.05) is 38.3 Å². The maximum atomic E-state index is 12.9. The molecular weight excluding hydrogens is 388 g/mol. The summed E-state index contributed by atoms with van der Waals surface area (Å²) >= 11 is 1.76. The van der Waals surface area contributed by atoms with E-state index >= 15 is 0 Å². The third-order valence-electron chi connectivity index (χ3n) is 5.19. The fourth-order valence-corrected chi connectivity index (χ4v) is 6.03. The topological polar surface area (TPSA) is 70.7 Å². The summed E-state index contributed by atoms with van der Waals surface area (Å²) < 4.78 is 15.9. The third-order valence-corrected chi connectivity index (χ3v) is 7.67. The number of thiazole rings is 1. The van der Waals surface area contributed by atoms with Gasteiger partial charge in [-0.3, -0.25) is 0 Å². The second-order valence-electron chi connectivity index (χ2n) is 7.21. The number of nitrogens with one attached hydrogen (secondary N) is 2. The normalized spacial score (nSPS) is 16.3. The molecule has 0 aliphatic heterocycles. The Bertz CT molecular complexity index is 930.